The van der Waals surface area contributed by atoms with Crippen molar-refractivity contribution in [2.75, 3.05) is 13.1 Å². The van der Waals surface area contributed by atoms with Gasteiger partial charge in [0.2, 0.25) is 5.91 Å². The van der Waals surface area contributed by atoms with Crippen LogP contribution in [-0.4, -0.2) is 39.4 Å². The Kier molecular flexibility index (Phi) is 6.88. The molecule has 1 aromatic heterocycles. The van der Waals surface area contributed by atoms with Crippen molar-refractivity contribution < 1.29 is 14.3 Å². The van der Waals surface area contributed by atoms with Crippen molar-refractivity contribution >= 4 is 23.4 Å². The Morgan fingerprint density at radius 2 is 1.80 bits per heavy atom. The molecular weight excluding hydrogens is 464 g/mol. The first-order chi connectivity index (χ1) is 17.0. The second-order valence-electron chi connectivity index (χ2n) is 9.25. The minimum absolute atomic E-state index is 0.0443. The highest BCUT2D eigenvalue weighted by Gasteiger charge is 2.32. The lowest BCUT2D eigenvalue weighted by Gasteiger charge is -2.32. The normalized spacial score (nSPS) is 19.1. The minimum Gasteiger partial charge on any atom is -0.365 e. The standard InChI is InChI=1S/C27H29ClN4O3/c1-18(19-5-3-2-4-6-19)30-26(33)21-11-13-31(14-12-21)27(34)25-23-16-35-24(15-32(23)17-29-25)20-7-9-22(28)10-8-20/h2-10,17-18,21,24H,11-16H2,1H3,(H,30,33)/t18-,24+/m0/s1. The highest BCUT2D eigenvalue weighted by molar-refractivity contribution is 6.30. The molecule has 35 heavy (non-hydrogen) atoms. The fourth-order valence-corrected chi connectivity index (χ4v) is 4.96. The summed E-state index contributed by atoms with van der Waals surface area (Å²) in [4.78, 5) is 32.3. The summed E-state index contributed by atoms with van der Waals surface area (Å²) in [6.45, 7) is 3.99. The summed E-state index contributed by atoms with van der Waals surface area (Å²) in [6.07, 6.45) is 2.90. The number of nitrogens with zero attached hydrogens (tertiary/aromatic N) is 3. The molecule has 182 valence electrons. The van der Waals surface area contributed by atoms with E-state index in [2.05, 4.69) is 10.3 Å². The molecule has 1 saturated heterocycles. The molecule has 0 bridgehead atoms. The molecule has 7 nitrogen and oxygen atoms in total. The first-order valence-electron chi connectivity index (χ1n) is 12.0. The lowest BCUT2D eigenvalue weighted by molar-refractivity contribution is -0.127. The number of carbonyl (C=O) groups excluding carboxylic acids is 2. The molecule has 3 heterocycles. The highest BCUT2D eigenvalue weighted by atomic mass is 35.5. The van der Waals surface area contributed by atoms with Gasteiger partial charge in [0.15, 0.2) is 5.69 Å². The van der Waals surface area contributed by atoms with Crippen LogP contribution >= 0.6 is 11.6 Å². The van der Waals surface area contributed by atoms with Gasteiger partial charge in [-0.15, -0.1) is 0 Å². The van der Waals surface area contributed by atoms with Crippen LogP contribution in [0.2, 0.25) is 5.02 Å². The number of rotatable bonds is 5. The van der Waals surface area contributed by atoms with Gasteiger partial charge >= 0.3 is 0 Å². The molecule has 0 radical (unpaired) electrons. The van der Waals surface area contributed by atoms with Crippen LogP contribution in [0.5, 0.6) is 0 Å². The molecule has 2 aromatic carbocycles. The Balaban J connectivity index is 1.17. The van der Waals surface area contributed by atoms with Crippen molar-refractivity contribution in [3.05, 3.63) is 88.5 Å². The van der Waals surface area contributed by atoms with Crippen LogP contribution in [0.1, 0.15) is 59.2 Å². The Morgan fingerprint density at radius 3 is 2.51 bits per heavy atom. The first-order valence-corrected chi connectivity index (χ1v) is 12.4. The highest BCUT2D eigenvalue weighted by Crippen LogP contribution is 2.29. The molecule has 1 fully saturated rings. The fraction of sp³-hybridized carbons (Fsp3) is 0.370. The van der Waals surface area contributed by atoms with Gasteiger partial charge in [0, 0.05) is 24.0 Å². The summed E-state index contributed by atoms with van der Waals surface area (Å²) in [5, 5.41) is 3.80. The Hall–Kier alpha value is -3.16. The number of fused-ring (bicyclic) bond motifs is 1. The smallest absolute Gasteiger partial charge is 0.274 e. The Morgan fingerprint density at radius 1 is 1.09 bits per heavy atom. The molecule has 0 unspecified atom stereocenters. The molecule has 1 N–H and O–H groups in total. The predicted molar refractivity (Wildman–Crippen MR) is 133 cm³/mol. The van der Waals surface area contributed by atoms with Crippen molar-refractivity contribution in [2.24, 2.45) is 5.92 Å². The van der Waals surface area contributed by atoms with Crippen LogP contribution in [0.15, 0.2) is 60.9 Å². The van der Waals surface area contributed by atoms with Gasteiger partial charge in [0.25, 0.3) is 5.91 Å². The van der Waals surface area contributed by atoms with Gasteiger partial charge in [-0.25, -0.2) is 4.98 Å². The Labute approximate surface area is 210 Å². The number of imidazole rings is 1. The number of nitrogens with one attached hydrogen (secondary N) is 1. The van der Waals surface area contributed by atoms with E-state index in [1.807, 2.05) is 66.1 Å². The molecular formula is C27H29ClN4O3. The van der Waals surface area contributed by atoms with Gasteiger partial charge in [-0.1, -0.05) is 54.1 Å². The van der Waals surface area contributed by atoms with Crippen molar-refractivity contribution in [2.45, 2.75) is 45.1 Å². The van der Waals surface area contributed by atoms with Gasteiger partial charge < -0.3 is 19.5 Å². The summed E-state index contributed by atoms with van der Waals surface area (Å²) in [7, 11) is 0. The lowest BCUT2D eigenvalue weighted by atomic mass is 9.95. The molecule has 3 aromatic rings. The maximum Gasteiger partial charge on any atom is 0.274 e. The van der Waals surface area contributed by atoms with Gasteiger partial charge in [0.1, 0.15) is 6.10 Å². The van der Waals surface area contributed by atoms with Crippen molar-refractivity contribution in [3.63, 3.8) is 0 Å². The van der Waals surface area contributed by atoms with E-state index in [-0.39, 0.29) is 29.9 Å². The van der Waals surface area contributed by atoms with E-state index in [1.165, 1.54) is 0 Å². The Bertz CT molecular complexity index is 1190. The van der Waals surface area contributed by atoms with Gasteiger partial charge in [-0.2, -0.15) is 0 Å². The summed E-state index contributed by atoms with van der Waals surface area (Å²) < 4.78 is 8.06. The number of piperidine rings is 1. The number of ether oxygens (including phenoxy) is 1. The van der Waals surface area contributed by atoms with E-state index in [1.54, 1.807) is 11.2 Å². The topological polar surface area (TPSA) is 76.5 Å². The molecule has 8 heteroatoms. The predicted octanol–water partition coefficient (Wildman–Crippen LogP) is 4.54. The number of amides is 2. The zero-order valence-corrected chi connectivity index (χ0v) is 20.4. The third-order valence-electron chi connectivity index (χ3n) is 6.99. The summed E-state index contributed by atoms with van der Waals surface area (Å²) in [5.74, 6) is -0.136. The number of halogens is 1. The van der Waals surface area contributed by atoms with Crippen LogP contribution < -0.4 is 5.32 Å². The van der Waals surface area contributed by atoms with Crippen molar-refractivity contribution in [1.29, 1.82) is 0 Å². The quantitative estimate of drug-likeness (QED) is 0.567. The summed E-state index contributed by atoms with van der Waals surface area (Å²) >= 11 is 6.00. The zero-order chi connectivity index (χ0) is 24.4. The van der Waals surface area contributed by atoms with Crippen LogP contribution in [-0.2, 0) is 22.7 Å². The lowest BCUT2D eigenvalue weighted by Crippen LogP contribution is -2.43. The van der Waals surface area contributed by atoms with E-state index < -0.39 is 0 Å². The molecule has 0 spiro atoms. The van der Waals surface area contributed by atoms with Crippen LogP contribution in [0.25, 0.3) is 0 Å². The van der Waals surface area contributed by atoms with Crippen LogP contribution in [0.3, 0.4) is 0 Å². The fourth-order valence-electron chi connectivity index (χ4n) is 4.84. The second kappa shape index (κ2) is 10.2. The van der Waals surface area contributed by atoms with E-state index >= 15 is 0 Å². The monoisotopic (exact) mass is 492 g/mol. The van der Waals surface area contributed by atoms with E-state index in [9.17, 15) is 9.59 Å². The van der Waals surface area contributed by atoms with Gasteiger partial charge in [-0.05, 0) is 43.0 Å². The van der Waals surface area contributed by atoms with Gasteiger partial charge in [-0.3, -0.25) is 9.59 Å². The summed E-state index contributed by atoms with van der Waals surface area (Å²) in [6, 6.07) is 17.5. The molecule has 5 rings (SSSR count). The maximum atomic E-state index is 13.2. The first kappa shape index (κ1) is 23.6. The number of hydrogen-bond acceptors (Lipinski definition) is 4. The molecule has 0 aliphatic carbocycles. The van der Waals surface area contributed by atoms with Crippen LogP contribution in [0.4, 0.5) is 0 Å². The maximum absolute atomic E-state index is 13.2. The van der Waals surface area contributed by atoms with E-state index in [0.29, 0.717) is 49.8 Å². The molecule has 2 amide bonds. The molecule has 2 atom stereocenters. The van der Waals surface area contributed by atoms with Crippen molar-refractivity contribution in [3.8, 4) is 0 Å². The third-order valence-corrected chi connectivity index (χ3v) is 7.24. The van der Waals surface area contributed by atoms with Crippen LogP contribution in [0, 0.1) is 5.92 Å². The van der Waals surface area contributed by atoms with Crippen molar-refractivity contribution in [1.82, 2.24) is 19.8 Å². The number of aromatic nitrogens is 2. The largest absolute Gasteiger partial charge is 0.365 e. The zero-order valence-electron chi connectivity index (χ0n) is 19.7. The molecule has 2 aliphatic heterocycles. The van der Waals surface area contributed by atoms with Gasteiger partial charge in [0.05, 0.1) is 31.2 Å². The number of carbonyl (C=O) groups is 2. The summed E-state index contributed by atoms with van der Waals surface area (Å²) in [5.41, 5.74) is 3.37. The number of likely N-dealkylation sites (tertiary alicyclic amines) is 1. The van der Waals surface area contributed by atoms with E-state index in [0.717, 1.165) is 16.8 Å². The third kappa shape index (κ3) is 5.11. The average Bonchev–Trinajstić information content (AvgIpc) is 3.32. The van der Waals surface area contributed by atoms with E-state index in [4.69, 9.17) is 16.3 Å². The molecule has 0 saturated carbocycles. The average molecular weight is 493 g/mol. The second-order valence-corrected chi connectivity index (χ2v) is 9.69. The molecule has 2 aliphatic rings. The number of benzene rings is 2. The minimum atomic E-state index is -0.107. The SMILES string of the molecule is C[C@H](NC(=O)C1CCN(C(=O)c2ncn3c2CO[C@@H](c2ccc(Cl)cc2)C3)CC1)c1ccccc1. The number of hydrogen-bond donors (Lipinski definition) is 1.